The maximum absolute atomic E-state index is 12.4. The van der Waals surface area contributed by atoms with Crippen LogP contribution >= 0.6 is 0 Å². The fraction of sp³-hybridized carbons (Fsp3) is 0.421. The van der Waals surface area contributed by atoms with Crippen LogP contribution in [-0.2, 0) is 0 Å². The zero-order chi connectivity index (χ0) is 17.5. The molecule has 2 aromatic heterocycles. The highest BCUT2D eigenvalue weighted by atomic mass is 16.1. The summed E-state index contributed by atoms with van der Waals surface area (Å²) in [6.45, 7) is 2.24. The average molecular weight is 350 g/mol. The van der Waals surface area contributed by atoms with Crippen LogP contribution in [0.2, 0.25) is 0 Å². The van der Waals surface area contributed by atoms with Gasteiger partial charge in [0, 0.05) is 25.2 Å². The zero-order valence-electron chi connectivity index (χ0n) is 14.6. The molecule has 3 aromatic rings. The summed E-state index contributed by atoms with van der Waals surface area (Å²) in [6, 6.07) is 10.9. The number of hydrogen-bond acceptors (Lipinski definition) is 5. The van der Waals surface area contributed by atoms with E-state index in [2.05, 4.69) is 25.3 Å². The lowest BCUT2D eigenvalue weighted by molar-refractivity contribution is 0.210. The number of hydrogen-bond donors (Lipinski definition) is 2. The largest absolute Gasteiger partial charge is 0.353 e. The molecule has 134 valence electrons. The van der Waals surface area contributed by atoms with E-state index in [1.807, 2.05) is 30.3 Å². The van der Waals surface area contributed by atoms with Crippen molar-refractivity contribution in [2.75, 3.05) is 18.4 Å². The Labute approximate surface area is 151 Å². The first-order chi connectivity index (χ1) is 12.8. The monoisotopic (exact) mass is 350 g/mol. The van der Waals surface area contributed by atoms with Gasteiger partial charge >= 0.3 is 0 Å². The summed E-state index contributed by atoms with van der Waals surface area (Å²) in [5, 5.41) is 8.28. The number of rotatable bonds is 4. The topological polar surface area (TPSA) is 78.8 Å². The average Bonchev–Trinajstić information content (AvgIpc) is 3.42. The van der Waals surface area contributed by atoms with Crippen LogP contribution in [0.3, 0.4) is 0 Å². The fourth-order valence-corrected chi connectivity index (χ4v) is 3.79. The Morgan fingerprint density at radius 1 is 1.08 bits per heavy atom. The van der Waals surface area contributed by atoms with E-state index in [-0.39, 0.29) is 5.56 Å². The Bertz CT molecular complexity index is 967. The minimum atomic E-state index is -0.157. The molecule has 3 heterocycles. The van der Waals surface area contributed by atoms with Gasteiger partial charge in [-0.2, -0.15) is 10.1 Å². The van der Waals surface area contributed by atoms with Crippen LogP contribution in [0.5, 0.6) is 0 Å². The summed E-state index contributed by atoms with van der Waals surface area (Å²) >= 11 is 0. The maximum atomic E-state index is 12.4. The summed E-state index contributed by atoms with van der Waals surface area (Å²) in [7, 11) is 0. The Balaban J connectivity index is 1.41. The van der Waals surface area contributed by atoms with E-state index < -0.39 is 0 Å². The molecule has 1 aromatic carbocycles. The number of H-pyrrole nitrogens is 1. The summed E-state index contributed by atoms with van der Waals surface area (Å²) in [4.78, 5) is 22.5. The van der Waals surface area contributed by atoms with Crippen LogP contribution in [0.4, 0.5) is 5.95 Å². The van der Waals surface area contributed by atoms with Crippen molar-refractivity contribution in [3.05, 3.63) is 46.9 Å². The molecular weight excluding hydrogens is 328 g/mol. The molecule has 0 radical (unpaired) electrons. The Kier molecular flexibility index (Phi) is 3.74. The molecule has 0 spiro atoms. The number of aromatic amines is 1. The lowest BCUT2D eigenvalue weighted by atomic mass is 10.1. The first-order valence-corrected chi connectivity index (χ1v) is 9.32. The SMILES string of the molecule is O=c1[nH]c(NC2CCN(C3CC3)CC2)nc2c1cnn2-c1ccccc1. The van der Waals surface area contributed by atoms with Crippen LogP contribution in [0.15, 0.2) is 41.3 Å². The first kappa shape index (κ1) is 15.6. The molecular formula is C19H22N6O. The third kappa shape index (κ3) is 2.88. The fourth-order valence-electron chi connectivity index (χ4n) is 3.79. The Morgan fingerprint density at radius 3 is 2.58 bits per heavy atom. The van der Waals surface area contributed by atoms with Gasteiger partial charge in [0.25, 0.3) is 5.56 Å². The second kappa shape index (κ2) is 6.25. The second-order valence-electron chi connectivity index (χ2n) is 7.23. The number of nitrogens with zero attached hydrogens (tertiary/aromatic N) is 4. The molecule has 1 aliphatic carbocycles. The molecule has 1 aliphatic heterocycles. The van der Waals surface area contributed by atoms with Gasteiger partial charge in [0.2, 0.25) is 5.95 Å². The van der Waals surface area contributed by atoms with Crippen molar-refractivity contribution < 1.29 is 0 Å². The molecule has 0 bridgehead atoms. The molecule has 2 fully saturated rings. The second-order valence-corrected chi connectivity index (χ2v) is 7.23. The van der Waals surface area contributed by atoms with Gasteiger partial charge in [-0.3, -0.25) is 9.78 Å². The predicted octanol–water partition coefficient (Wildman–Crippen LogP) is 2.15. The molecule has 7 nitrogen and oxygen atoms in total. The van der Waals surface area contributed by atoms with Crippen LogP contribution in [0.1, 0.15) is 25.7 Å². The van der Waals surface area contributed by atoms with Crippen molar-refractivity contribution in [1.29, 1.82) is 0 Å². The number of fused-ring (bicyclic) bond motifs is 1. The van der Waals surface area contributed by atoms with E-state index in [1.165, 1.54) is 12.8 Å². The van der Waals surface area contributed by atoms with Crippen molar-refractivity contribution in [2.45, 2.75) is 37.8 Å². The van der Waals surface area contributed by atoms with E-state index in [0.717, 1.165) is 37.7 Å². The smallest absolute Gasteiger partial charge is 0.263 e. The first-order valence-electron chi connectivity index (χ1n) is 9.32. The van der Waals surface area contributed by atoms with Gasteiger partial charge in [0.05, 0.1) is 11.9 Å². The third-order valence-electron chi connectivity index (χ3n) is 5.37. The highest BCUT2D eigenvalue weighted by Crippen LogP contribution is 2.29. The highest BCUT2D eigenvalue weighted by Gasteiger charge is 2.31. The summed E-state index contributed by atoms with van der Waals surface area (Å²) in [5.74, 6) is 0.532. The van der Waals surface area contributed by atoms with Crippen molar-refractivity contribution in [3.63, 3.8) is 0 Å². The lowest BCUT2D eigenvalue weighted by Gasteiger charge is -2.32. The molecule has 1 saturated carbocycles. The molecule has 0 atom stereocenters. The number of piperidine rings is 1. The molecule has 1 saturated heterocycles. The van der Waals surface area contributed by atoms with E-state index in [4.69, 9.17) is 0 Å². The summed E-state index contributed by atoms with van der Waals surface area (Å²) in [5.41, 5.74) is 1.32. The molecule has 2 N–H and O–H groups in total. The van der Waals surface area contributed by atoms with Crippen LogP contribution in [0.25, 0.3) is 16.7 Å². The van der Waals surface area contributed by atoms with Crippen LogP contribution in [0, 0.1) is 0 Å². The zero-order valence-corrected chi connectivity index (χ0v) is 14.6. The molecule has 26 heavy (non-hydrogen) atoms. The van der Waals surface area contributed by atoms with Crippen molar-refractivity contribution in [1.82, 2.24) is 24.6 Å². The molecule has 7 heteroatoms. The van der Waals surface area contributed by atoms with E-state index >= 15 is 0 Å². The maximum Gasteiger partial charge on any atom is 0.263 e. The Morgan fingerprint density at radius 2 is 1.85 bits per heavy atom. The standard InChI is InChI=1S/C19H22N6O/c26-18-16-12-20-25(15-4-2-1-3-5-15)17(16)22-19(23-18)21-13-8-10-24(11-9-13)14-6-7-14/h1-5,12-14H,6-11H2,(H2,21,22,23,26). The molecule has 5 rings (SSSR count). The van der Waals surface area contributed by atoms with Crippen molar-refractivity contribution >= 4 is 17.0 Å². The van der Waals surface area contributed by atoms with Crippen molar-refractivity contribution in [3.8, 4) is 5.69 Å². The van der Waals surface area contributed by atoms with Crippen LogP contribution < -0.4 is 10.9 Å². The normalized spacial score (nSPS) is 19.1. The van der Waals surface area contributed by atoms with Gasteiger partial charge < -0.3 is 10.2 Å². The molecule has 2 aliphatic rings. The third-order valence-corrected chi connectivity index (χ3v) is 5.37. The highest BCUT2D eigenvalue weighted by molar-refractivity contribution is 5.76. The lowest BCUT2D eigenvalue weighted by Crippen LogP contribution is -2.40. The number of benzene rings is 1. The number of likely N-dealkylation sites (tertiary alicyclic amines) is 1. The minimum Gasteiger partial charge on any atom is -0.353 e. The van der Waals surface area contributed by atoms with Gasteiger partial charge in [-0.15, -0.1) is 0 Å². The number of anilines is 1. The van der Waals surface area contributed by atoms with E-state index in [0.29, 0.717) is 23.0 Å². The number of para-hydroxylation sites is 1. The minimum absolute atomic E-state index is 0.157. The predicted molar refractivity (Wildman–Crippen MR) is 101 cm³/mol. The number of aromatic nitrogens is 4. The summed E-state index contributed by atoms with van der Waals surface area (Å²) < 4.78 is 1.71. The van der Waals surface area contributed by atoms with Gasteiger partial charge in [0.1, 0.15) is 5.39 Å². The van der Waals surface area contributed by atoms with Gasteiger partial charge in [0.15, 0.2) is 5.65 Å². The quantitative estimate of drug-likeness (QED) is 0.754. The van der Waals surface area contributed by atoms with Crippen LogP contribution in [-0.4, -0.2) is 49.8 Å². The van der Waals surface area contributed by atoms with Gasteiger partial charge in [-0.25, -0.2) is 4.68 Å². The molecule has 0 amide bonds. The van der Waals surface area contributed by atoms with E-state index in [9.17, 15) is 4.79 Å². The van der Waals surface area contributed by atoms with Gasteiger partial charge in [-0.1, -0.05) is 18.2 Å². The van der Waals surface area contributed by atoms with E-state index in [1.54, 1.807) is 10.9 Å². The van der Waals surface area contributed by atoms with Gasteiger partial charge in [-0.05, 0) is 37.8 Å². The van der Waals surface area contributed by atoms with Crippen molar-refractivity contribution in [2.24, 2.45) is 0 Å². The summed E-state index contributed by atoms with van der Waals surface area (Å²) in [6.07, 6.45) is 6.44. The Hall–Kier alpha value is -2.67. The molecule has 0 unspecified atom stereocenters. The number of nitrogens with one attached hydrogen (secondary N) is 2.